The van der Waals surface area contributed by atoms with Crippen molar-refractivity contribution in [1.82, 2.24) is 0 Å². The Bertz CT molecular complexity index is 13.5. The zero-order valence-electron chi connectivity index (χ0n) is 3.49. The summed E-state index contributed by atoms with van der Waals surface area (Å²) in [5.41, 5.74) is 0. The average molecular weight is 144 g/mol. The van der Waals surface area contributed by atoms with Gasteiger partial charge >= 0.3 is 13.4 Å². The van der Waals surface area contributed by atoms with Gasteiger partial charge in [-0.05, 0) is 6.92 Å². The summed E-state index contributed by atoms with van der Waals surface area (Å²) in [6.45, 7) is 1.93. The molecule has 4 heteroatoms. The van der Waals surface area contributed by atoms with E-state index < -0.39 is 0 Å². The van der Waals surface area contributed by atoms with E-state index in [1.807, 2.05) is 0 Å². The fraction of sp³-hybridized carbons (Fsp3) is 1.00. The number of halogens is 2. The van der Waals surface area contributed by atoms with Gasteiger partial charge < -0.3 is 5.11 Å². The third kappa shape index (κ3) is 73.1. The van der Waals surface area contributed by atoms with Crippen LogP contribution in [0.5, 0.6) is 0 Å². The Labute approximate surface area is 52.4 Å². The van der Waals surface area contributed by atoms with Gasteiger partial charge in [-0.1, -0.05) is 0 Å². The fourth-order valence-corrected chi connectivity index (χ4v) is 0. The SMILES string of the molecule is CCO.[Cl][Al][Cl]. The van der Waals surface area contributed by atoms with Crippen molar-refractivity contribution in [3.63, 3.8) is 0 Å². The maximum atomic E-state index is 7.57. The minimum atomic E-state index is -0.306. The lowest BCUT2D eigenvalue weighted by molar-refractivity contribution is 0.318. The quantitative estimate of drug-likeness (QED) is 0.502. The molecule has 0 saturated heterocycles. The first-order valence-electron chi connectivity index (χ1n) is 1.46. The van der Waals surface area contributed by atoms with Crippen LogP contribution in [0.4, 0.5) is 0 Å². The molecule has 0 aliphatic carbocycles. The lowest BCUT2D eigenvalue weighted by Crippen LogP contribution is -1.57. The molecule has 0 aromatic carbocycles. The minimum absolute atomic E-state index is 0.250. The van der Waals surface area contributed by atoms with Crippen molar-refractivity contribution in [2.75, 3.05) is 6.61 Å². The molecule has 1 N–H and O–H groups in total. The number of aliphatic hydroxyl groups excluding tert-OH is 1. The van der Waals surface area contributed by atoms with Crippen LogP contribution in [-0.2, 0) is 0 Å². The molecule has 0 heterocycles. The molecule has 0 aromatic rings. The van der Waals surface area contributed by atoms with Crippen LogP contribution in [0.1, 0.15) is 6.92 Å². The van der Waals surface area contributed by atoms with Crippen LogP contribution in [-0.4, -0.2) is 25.1 Å². The Morgan fingerprint density at radius 1 is 1.67 bits per heavy atom. The maximum absolute atomic E-state index is 7.57. The van der Waals surface area contributed by atoms with Crippen LogP contribution in [0.15, 0.2) is 0 Å². The molecule has 0 aliphatic rings. The van der Waals surface area contributed by atoms with Crippen LogP contribution in [0.25, 0.3) is 0 Å². The van der Waals surface area contributed by atoms with E-state index in [-0.39, 0.29) is 20.0 Å². The second kappa shape index (κ2) is 16.6. The lowest BCUT2D eigenvalue weighted by Gasteiger charge is -1.52. The first kappa shape index (κ1) is 10.1. The molecule has 37 valence electrons. The van der Waals surface area contributed by atoms with E-state index in [2.05, 4.69) is 0 Å². The van der Waals surface area contributed by atoms with E-state index in [0.29, 0.717) is 0 Å². The highest BCUT2D eigenvalue weighted by Gasteiger charge is 1.59. The van der Waals surface area contributed by atoms with Crippen LogP contribution in [0.2, 0.25) is 0 Å². The summed E-state index contributed by atoms with van der Waals surface area (Å²) in [4.78, 5) is 0. The van der Waals surface area contributed by atoms with Gasteiger partial charge in [0.05, 0.1) is 0 Å². The van der Waals surface area contributed by atoms with Gasteiger partial charge in [0.1, 0.15) is 0 Å². The molecule has 0 fully saturated rings. The molecule has 0 saturated carbocycles. The van der Waals surface area contributed by atoms with Crippen molar-refractivity contribution >= 4 is 33.5 Å². The molecule has 0 aromatic heterocycles. The van der Waals surface area contributed by atoms with Gasteiger partial charge in [0, 0.05) is 6.61 Å². The van der Waals surface area contributed by atoms with E-state index in [0.717, 1.165) is 0 Å². The van der Waals surface area contributed by atoms with Crippen molar-refractivity contribution in [2.24, 2.45) is 0 Å². The van der Waals surface area contributed by atoms with Crippen LogP contribution in [0.3, 0.4) is 0 Å². The van der Waals surface area contributed by atoms with Crippen LogP contribution < -0.4 is 0 Å². The average Bonchev–Trinajstić information content (AvgIpc) is 1.39. The van der Waals surface area contributed by atoms with Gasteiger partial charge in [-0.2, -0.15) is 0 Å². The molecular formula is C2H6AlCl2O. The van der Waals surface area contributed by atoms with Crippen molar-refractivity contribution in [2.45, 2.75) is 6.92 Å². The number of hydrogen-bond donors (Lipinski definition) is 1. The van der Waals surface area contributed by atoms with Crippen LogP contribution >= 0.6 is 20.1 Å². The second-order valence-corrected chi connectivity index (χ2v) is 2.54. The molecule has 0 aliphatic heterocycles. The predicted molar refractivity (Wildman–Crippen MR) is 30.2 cm³/mol. The van der Waals surface area contributed by atoms with Crippen molar-refractivity contribution in [3.05, 3.63) is 0 Å². The molecule has 0 atom stereocenters. The first-order valence-corrected chi connectivity index (χ1v) is 4.95. The Kier molecular flexibility index (Phi) is 28.0. The van der Waals surface area contributed by atoms with Gasteiger partial charge in [0.25, 0.3) is 0 Å². The Morgan fingerprint density at radius 2 is 1.67 bits per heavy atom. The molecule has 0 bridgehead atoms. The molecule has 0 unspecified atom stereocenters. The van der Waals surface area contributed by atoms with Crippen molar-refractivity contribution in [1.29, 1.82) is 0 Å². The minimum Gasteiger partial charge on any atom is -0.397 e. The lowest BCUT2D eigenvalue weighted by atomic mass is 10.9. The highest BCUT2D eigenvalue weighted by Crippen LogP contribution is 1.67. The molecule has 0 rings (SSSR count). The number of hydrogen-bond acceptors (Lipinski definition) is 1. The predicted octanol–water partition coefficient (Wildman–Crippen LogP) is 0.997. The molecule has 0 spiro atoms. The molecule has 6 heavy (non-hydrogen) atoms. The Balaban J connectivity index is 0. The van der Waals surface area contributed by atoms with Gasteiger partial charge in [0.2, 0.25) is 0 Å². The third-order valence-electron chi connectivity index (χ3n) is 0. The van der Waals surface area contributed by atoms with E-state index in [4.69, 9.17) is 25.2 Å². The monoisotopic (exact) mass is 143 g/mol. The zero-order chi connectivity index (χ0) is 5.41. The zero-order valence-corrected chi connectivity index (χ0v) is 6.15. The van der Waals surface area contributed by atoms with E-state index >= 15 is 0 Å². The smallest absolute Gasteiger partial charge is 0.397 e. The summed E-state index contributed by atoms with van der Waals surface area (Å²) >= 11 is -0.306. The van der Waals surface area contributed by atoms with Gasteiger partial charge in [-0.15, -0.1) is 0 Å². The molecule has 1 radical (unpaired) electrons. The van der Waals surface area contributed by atoms with Gasteiger partial charge in [-0.3, -0.25) is 0 Å². The summed E-state index contributed by atoms with van der Waals surface area (Å²) in [6.07, 6.45) is 0. The second-order valence-electron chi connectivity index (χ2n) is 0.399. The van der Waals surface area contributed by atoms with Crippen molar-refractivity contribution < 1.29 is 5.11 Å². The first-order chi connectivity index (χ1) is 2.83. The standard InChI is InChI=1S/C2H6O.Al.2ClH/c1-2-3;;;/h3H,2H2,1H3;;2*1H/q;+2;;/p-2. The summed E-state index contributed by atoms with van der Waals surface area (Å²) in [7, 11) is 9.69. The summed E-state index contributed by atoms with van der Waals surface area (Å²) in [6, 6.07) is 0. The highest BCUT2D eigenvalue weighted by atomic mass is 35.7. The Morgan fingerprint density at radius 3 is 1.67 bits per heavy atom. The normalized spacial score (nSPS) is 5.33. The highest BCUT2D eigenvalue weighted by molar-refractivity contribution is 7.22. The number of aliphatic hydroxyl groups is 1. The van der Waals surface area contributed by atoms with E-state index in [1.54, 1.807) is 6.92 Å². The Hall–Kier alpha value is 1.07. The summed E-state index contributed by atoms with van der Waals surface area (Å²) in [5.74, 6) is 0. The van der Waals surface area contributed by atoms with E-state index in [1.165, 1.54) is 0 Å². The molecule has 1 nitrogen and oxygen atoms in total. The third-order valence-corrected chi connectivity index (χ3v) is 0. The molecule has 0 amide bonds. The largest absolute Gasteiger partial charge is 0.495 e. The fourth-order valence-electron chi connectivity index (χ4n) is 0. The summed E-state index contributed by atoms with van der Waals surface area (Å²) in [5, 5.41) is 7.57. The molecular weight excluding hydrogens is 138 g/mol. The van der Waals surface area contributed by atoms with E-state index in [9.17, 15) is 0 Å². The van der Waals surface area contributed by atoms with Crippen molar-refractivity contribution in [3.8, 4) is 0 Å². The van der Waals surface area contributed by atoms with Crippen LogP contribution in [0, 0.1) is 0 Å². The number of rotatable bonds is 0. The topological polar surface area (TPSA) is 20.2 Å². The summed E-state index contributed by atoms with van der Waals surface area (Å²) < 4.78 is 0. The van der Waals surface area contributed by atoms with Gasteiger partial charge in [-0.25, -0.2) is 20.1 Å². The maximum Gasteiger partial charge on any atom is 0.495 e. The van der Waals surface area contributed by atoms with Gasteiger partial charge in [0.15, 0.2) is 0 Å².